The van der Waals surface area contributed by atoms with Crippen LogP contribution in [0.5, 0.6) is 0 Å². The molecule has 38 heavy (non-hydrogen) atoms. The molecule has 0 saturated carbocycles. The summed E-state index contributed by atoms with van der Waals surface area (Å²) in [5.74, 6) is -2.60. The van der Waals surface area contributed by atoms with Crippen molar-refractivity contribution in [2.75, 3.05) is 28.4 Å². The van der Waals surface area contributed by atoms with Crippen LogP contribution in [0.25, 0.3) is 0 Å². The van der Waals surface area contributed by atoms with Crippen LogP contribution in [0.2, 0.25) is 0 Å². The molecule has 0 radical (unpaired) electrons. The molecule has 14 heteroatoms. The Morgan fingerprint density at radius 3 is 1.26 bits per heavy atom. The molecule has 4 rings (SSSR count). The molecule has 8 nitrogen and oxygen atoms in total. The normalized spacial score (nSPS) is 16.4. The van der Waals surface area contributed by atoms with Gasteiger partial charge in [0.15, 0.2) is 0 Å². The number of fused-ring (bicyclic) bond motifs is 1. The number of thioether (sulfide) groups is 6. The van der Waals surface area contributed by atoms with E-state index in [4.69, 9.17) is 18.9 Å². The fraction of sp³-hybridized carbons (Fsp3) is 0.167. The molecule has 1 aromatic carbocycles. The van der Waals surface area contributed by atoms with Gasteiger partial charge in [-0.1, -0.05) is 82.7 Å². The average Bonchev–Trinajstić information content (AvgIpc) is 3.67. The Balaban J connectivity index is 1.76. The molecule has 0 fully saturated rings. The molecule has 3 heterocycles. The summed E-state index contributed by atoms with van der Waals surface area (Å²) in [5, 5.41) is 0. The maximum atomic E-state index is 12.5. The predicted molar refractivity (Wildman–Crippen MR) is 154 cm³/mol. The summed E-state index contributed by atoms with van der Waals surface area (Å²) in [6.07, 6.45) is 3.75. The summed E-state index contributed by atoms with van der Waals surface area (Å²) in [6.45, 7) is 0. The van der Waals surface area contributed by atoms with Gasteiger partial charge in [-0.15, -0.1) is 0 Å². The Morgan fingerprint density at radius 1 is 0.553 bits per heavy atom. The number of ether oxygens (including phenoxy) is 4. The van der Waals surface area contributed by atoms with Crippen LogP contribution in [0.3, 0.4) is 0 Å². The van der Waals surface area contributed by atoms with Gasteiger partial charge in [0.05, 0.1) is 41.2 Å². The first kappa shape index (κ1) is 28.9. The van der Waals surface area contributed by atoms with Crippen molar-refractivity contribution >= 4 is 94.4 Å². The number of carbonyl (C=O) groups excluding carboxylic acids is 4. The van der Waals surface area contributed by atoms with Gasteiger partial charge in [0.2, 0.25) is 0 Å². The van der Waals surface area contributed by atoms with Crippen LogP contribution < -0.4 is 0 Å². The molecular formula is C24H18O8S6. The number of rotatable bonds is 6. The predicted octanol–water partition coefficient (Wildman–Crippen LogP) is 5.85. The summed E-state index contributed by atoms with van der Waals surface area (Å²) < 4.78 is 21.7. The molecule has 1 aromatic rings. The second kappa shape index (κ2) is 12.8. The lowest BCUT2D eigenvalue weighted by Crippen LogP contribution is -2.08. The van der Waals surface area contributed by atoms with Crippen molar-refractivity contribution in [1.82, 2.24) is 0 Å². The van der Waals surface area contributed by atoms with E-state index in [1.807, 2.05) is 30.3 Å². The Bertz CT molecular complexity index is 1300. The number of hydrogen-bond donors (Lipinski definition) is 0. The third-order valence-electron chi connectivity index (χ3n) is 4.74. The quantitative estimate of drug-likeness (QED) is 0.278. The minimum atomic E-state index is -0.651. The zero-order chi connectivity index (χ0) is 27.4. The Labute approximate surface area is 243 Å². The van der Waals surface area contributed by atoms with Crippen LogP contribution in [-0.4, -0.2) is 52.3 Å². The van der Waals surface area contributed by atoms with Gasteiger partial charge in [0, 0.05) is 9.79 Å². The van der Waals surface area contributed by atoms with Crippen molar-refractivity contribution in [3.8, 4) is 0 Å². The highest BCUT2D eigenvalue weighted by Crippen LogP contribution is 2.56. The third kappa shape index (κ3) is 6.20. The average molecular weight is 627 g/mol. The molecule has 0 spiro atoms. The van der Waals surface area contributed by atoms with E-state index in [9.17, 15) is 19.2 Å². The van der Waals surface area contributed by atoms with Crippen LogP contribution in [0, 0.1) is 0 Å². The lowest BCUT2D eigenvalue weighted by atomic mass is 10.3. The lowest BCUT2D eigenvalue weighted by Gasteiger charge is -2.06. The van der Waals surface area contributed by atoms with E-state index in [-0.39, 0.29) is 19.6 Å². The highest BCUT2D eigenvalue weighted by molar-refractivity contribution is 8.30. The van der Waals surface area contributed by atoms with Crippen LogP contribution in [0.15, 0.2) is 84.1 Å². The van der Waals surface area contributed by atoms with Gasteiger partial charge in [-0.2, -0.15) is 0 Å². The highest BCUT2D eigenvalue weighted by atomic mass is 32.2. The fourth-order valence-corrected chi connectivity index (χ4v) is 10.2. The van der Waals surface area contributed by atoms with Gasteiger partial charge in [-0.05, 0) is 29.9 Å². The van der Waals surface area contributed by atoms with Gasteiger partial charge < -0.3 is 18.9 Å². The van der Waals surface area contributed by atoms with E-state index in [0.717, 1.165) is 61.1 Å². The smallest absolute Gasteiger partial charge is 0.346 e. The molecule has 0 N–H and O–H groups in total. The zero-order valence-corrected chi connectivity index (χ0v) is 25.1. The Hall–Kier alpha value is -2.10. The Kier molecular flexibility index (Phi) is 9.76. The number of hydrogen-bond acceptors (Lipinski definition) is 14. The minimum Gasteiger partial charge on any atom is -0.465 e. The zero-order valence-electron chi connectivity index (χ0n) is 20.2. The van der Waals surface area contributed by atoms with Crippen molar-refractivity contribution in [3.63, 3.8) is 0 Å². The Morgan fingerprint density at radius 2 is 0.895 bits per heavy atom. The summed E-state index contributed by atoms with van der Waals surface area (Å²) >= 11 is 7.57. The third-order valence-corrected chi connectivity index (χ3v) is 12.2. The van der Waals surface area contributed by atoms with Crippen molar-refractivity contribution in [1.29, 1.82) is 0 Å². The minimum absolute atomic E-state index is 0.124. The number of methoxy groups -OCH3 is 4. The largest absolute Gasteiger partial charge is 0.465 e. The van der Waals surface area contributed by atoms with Gasteiger partial charge >= 0.3 is 23.9 Å². The molecule has 0 aliphatic carbocycles. The molecule has 0 amide bonds. The SMILES string of the molecule is COC(=O)C1=C(C(=O)OC)SC(=CC(C=C2Sc3ccccc3S2)=C2SC(C(=O)OC)=C(C(=O)OC)S2)S1. The second-order valence-electron chi connectivity index (χ2n) is 7.01. The van der Waals surface area contributed by atoms with Gasteiger partial charge in [0.25, 0.3) is 0 Å². The topological polar surface area (TPSA) is 105 Å². The van der Waals surface area contributed by atoms with Gasteiger partial charge in [-0.25, -0.2) is 19.2 Å². The van der Waals surface area contributed by atoms with Crippen LogP contribution in [0.1, 0.15) is 0 Å². The standard InChI is InChI=1S/C24H18O8S6/c1-29-20(25)16-17(21(26)30-2)36-15(35-16)10-11(9-14-33-12-7-5-6-8-13(12)34-14)24-37-18(22(27)31-3)19(38-24)23(28)32-4/h5-10H,1-4H3. The number of carbonyl (C=O) groups is 4. The highest BCUT2D eigenvalue weighted by Gasteiger charge is 2.35. The van der Waals surface area contributed by atoms with Gasteiger partial charge in [-0.3, -0.25) is 0 Å². The van der Waals surface area contributed by atoms with E-state index < -0.39 is 23.9 Å². The van der Waals surface area contributed by atoms with Crippen LogP contribution in [-0.2, 0) is 38.1 Å². The maximum Gasteiger partial charge on any atom is 0.346 e. The van der Waals surface area contributed by atoms with Crippen molar-refractivity contribution < 1.29 is 38.1 Å². The molecule has 3 aliphatic rings. The number of allylic oxidation sites excluding steroid dienone is 3. The molecule has 0 aromatic heterocycles. The molecular weight excluding hydrogens is 609 g/mol. The molecule has 0 atom stereocenters. The first-order valence-electron chi connectivity index (χ1n) is 10.4. The first-order valence-corrected chi connectivity index (χ1v) is 15.3. The number of benzene rings is 1. The summed E-state index contributed by atoms with van der Waals surface area (Å²) in [6, 6.07) is 7.99. The van der Waals surface area contributed by atoms with E-state index in [2.05, 4.69) is 0 Å². The first-order chi connectivity index (χ1) is 18.3. The number of esters is 4. The van der Waals surface area contributed by atoms with Crippen molar-refractivity contribution in [2.45, 2.75) is 9.79 Å². The summed E-state index contributed by atoms with van der Waals surface area (Å²) in [4.78, 5) is 52.3. The van der Waals surface area contributed by atoms with Gasteiger partial charge in [0.1, 0.15) is 19.6 Å². The van der Waals surface area contributed by atoms with Crippen LogP contribution in [0.4, 0.5) is 0 Å². The lowest BCUT2D eigenvalue weighted by molar-refractivity contribution is -0.138. The van der Waals surface area contributed by atoms with E-state index in [1.54, 1.807) is 29.6 Å². The summed E-state index contributed by atoms with van der Waals surface area (Å²) in [7, 11) is 4.96. The second-order valence-corrected chi connectivity index (χ2v) is 14.1. The van der Waals surface area contributed by atoms with Crippen LogP contribution >= 0.6 is 70.6 Å². The molecule has 0 unspecified atom stereocenters. The van der Waals surface area contributed by atoms with E-state index in [1.165, 1.54) is 28.4 Å². The fourth-order valence-electron chi connectivity index (χ4n) is 3.03. The molecule has 3 aliphatic heterocycles. The molecule has 198 valence electrons. The van der Waals surface area contributed by atoms with Crippen molar-refractivity contribution in [2.24, 2.45) is 0 Å². The van der Waals surface area contributed by atoms with E-state index in [0.29, 0.717) is 14.0 Å². The van der Waals surface area contributed by atoms with E-state index >= 15 is 0 Å². The summed E-state index contributed by atoms with van der Waals surface area (Å²) in [5.41, 5.74) is 0.674. The van der Waals surface area contributed by atoms with Crippen molar-refractivity contribution in [3.05, 3.63) is 74.3 Å². The molecule has 0 bridgehead atoms. The maximum absolute atomic E-state index is 12.5. The molecule has 0 saturated heterocycles. The monoisotopic (exact) mass is 626 g/mol.